The Balaban J connectivity index is 5.98. The summed E-state index contributed by atoms with van der Waals surface area (Å²) in [5.74, 6) is -11.9. The van der Waals surface area contributed by atoms with E-state index in [4.69, 9.17) is 19.7 Å². The molecule has 9 atom stereocenters. The van der Waals surface area contributed by atoms with Gasteiger partial charge in [0.15, 0.2) is 0 Å². The summed E-state index contributed by atoms with van der Waals surface area (Å²) >= 11 is 0. The summed E-state index contributed by atoms with van der Waals surface area (Å²) in [6, 6.07) is 0. The highest BCUT2D eigenvalue weighted by molar-refractivity contribution is 5.83. The van der Waals surface area contributed by atoms with E-state index < -0.39 is 110 Å². The largest absolute Gasteiger partial charge is 0.481 e. The third-order valence-corrected chi connectivity index (χ3v) is 8.77. The zero-order chi connectivity index (χ0) is 38.6. The number of carboxylic acid groups (broad SMARTS) is 4. The van der Waals surface area contributed by atoms with Gasteiger partial charge in [-0.05, 0) is 56.3 Å². The molecule has 0 aliphatic heterocycles. The van der Waals surface area contributed by atoms with Gasteiger partial charge in [-0.3, -0.25) is 28.8 Å². The van der Waals surface area contributed by atoms with Gasteiger partial charge in [-0.1, -0.05) is 60.3 Å². The van der Waals surface area contributed by atoms with E-state index in [2.05, 4.69) is 0 Å². The minimum Gasteiger partial charge on any atom is -0.481 e. The highest BCUT2D eigenvalue weighted by atomic mass is 16.6. The van der Waals surface area contributed by atoms with Gasteiger partial charge in [-0.2, -0.15) is 0 Å². The number of aliphatic carboxylic acids is 4. The lowest BCUT2D eigenvalue weighted by Crippen LogP contribution is -2.42. The summed E-state index contributed by atoms with van der Waals surface area (Å²) in [6.07, 6.45) is -3.05. The number of hydrogen-bond acceptors (Lipinski definition) is 11. The fourth-order valence-corrected chi connectivity index (χ4v) is 5.74. The first kappa shape index (κ1) is 46.7. The lowest BCUT2D eigenvalue weighted by molar-refractivity contribution is -0.177. The highest BCUT2D eigenvalue weighted by Crippen LogP contribution is 2.29. The predicted octanol–water partition coefficient (Wildman–Crippen LogP) is 3.87. The van der Waals surface area contributed by atoms with E-state index in [-0.39, 0.29) is 31.1 Å². The lowest BCUT2D eigenvalue weighted by Gasteiger charge is -2.33. The molecule has 0 aromatic carbocycles. The monoisotopic (exact) mass is 720 g/mol. The van der Waals surface area contributed by atoms with Crippen LogP contribution in [0.4, 0.5) is 0 Å². The van der Waals surface area contributed by atoms with Crippen LogP contribution in [0.5, 0.6) is 0 Å². The van der Waals surface area contributed by atoms with Crippen LogP contribution in [0, 0.1) is 29.6 Å². The Kier molecular flexibility index (Phi) is 23.1. The van der Waals surface area contributed by atoms with Gasteiger partial charge in [0.25, 0.3) is 0 Å². The SMILES string of the molecule is CCCCC(C)C(OC(=O)CC(CC(=O)O)C(=O)O)C(CC(C)CC(O)CCCCC(O)CC(O)C(C)C)OC(=O)CC(CC(=O)O)C(=O)O. The van der Waals surface area contributed by atoms with Gasteiger partial charge >= 0.3 is 35.8 Å². The van der Waals surface area contributed by atoms with Crippen molar-refractivity contribution >= 4 is 35.8 Å². The first-order valence-electron chi connectivity index (χ1n) is 17.6. The van der Waals surface area contributed by atoms with E-state index in [0.717, 1.165) is 6.42 Å². The minimum atomic E-state index is -1.59. The maximum Gasteiger partial charge on any atom is 0.307 e. The van der Waals surface area contributed by atoms with E-state index >= 15 is 0 Å². The lowest BCUT2D eigenvalue weighted by atomic mass is 9.87. The average Bonchev–Trinajstić information content (AvgIpc) is 2.99. The van der Waals surface area contributed by atoms with Crippen molar-refractivity contribution in [3.8, 4) is 0 Å². The molecule has 0 aromatic heterocycles. The molecule has 0 aromatic rings. The molecule has 15 nitrogen and oxygen atoms in total. The number of rotatable bonds is 29. The molecule has 15 heteroatoms. The normalized spacial score (nSPS) is 17.0. The molecule has 0 radical (unpaired) electrons. The van der Waals surface area contributed by atoms with Crippen molar-refractivity contribution in [3.63, 3.8) is 0 Å². The van der Waals surface area contributed by atoms with Gasteiger partial charge in [0, 0.05) is 0 Å². The summed E-state index contributed by atoms with van der Waals surface area (Å²) in [5.41, 5.74) is 0. The topological polar surface area (TPSA) is 262 Å². The van der Waals surface area contributed by atoms with Gasteiger partial charge in [-0.15, -0.1) is 0 Å². The third kappa shape index (κ3) is 21.0. The Hall–Kier alpha value is -3.30. The maximum atomic E-state index is 13.1. The van der Waals surface area contributed by atoms with E-state index in [0.29, 0.717) is 38.5 Å². The van der Waals surface area contributed by atoms with Gasteiger partial charge in [0.2, 0.25) is 0 Å². The summed E-state index contributed by atoms with van der Waals surface area (Å²) in [5, 5.41) is 68.0. The Morgan fingerprint density at radius 1 is 0.580 bits per heavy atom. The number of carbonyl (C=O) groups is 6. The number of aliphatic hydroxyl groups is 3. The molecular formula is C35H60O15. The average molecular weight is 721 g/mol. The fraction of sp³-hybridized carbons (Fsp3) is 0.829. The zero-order valence-corrected chi connectivity index (χ0v) is 30.1. The van der Waals surface area contributed by atoms with Crippen molar-refractivity contribution in [1.82, 2.24) is 0 Å². The molecule has 0 saturated heterocycles. The van der Waals surface area contributed by atoms with Crippen LogP contribution in [0.15, 0.2) is 0 Å². The molecule has 0 aliphatic rings. The first-order valence-corrected chi connectivity index (χ1v) is 17.6. The van der Waals surface area contributed by atoms with Gasteiger partial charge in [-0.25, -0.2) is 0 Å². The molecule has 9 unspecified atom stereocenters. The molecule has 0 saturated carbocycles. The van der Waals surface area contributed by atoms with E-state index in [9.17, 15) is 54.3 Å². The van der Waals surface area contributed by atoms with Crippen molar-refractivity contribution < 1.29 is 74.0 Å². The van der Waals surface area contributed by atoms with Gasteiger partial charge in [0.05, 0.1) is 55.8 Å². The maximum absolute atomic E-state index is 13.1. The van der Waals surface area contributed by atoms with Crippen LogP contribution in [-0.2, 0) is 38.2 Å². The number of carbonyl (C=O) groups excluding carboxylic acids is 2. The number of aliphatic hydroxyl groups excluding tert-OH is 3. The number of carboxylic acids is 4. The first-order chi connectivity index (χ1) is 23.3. The summed E-state index contributed by atoms with van der Waals surface area (Å²) in [7, 11) is 0. The Morgan fingerprint density at radius 3 is 1.46 bits per heavy atom. The number of hydrogen-bond donors (Lipinski definition) is 7. The third-order valence-electron chi connectivity index (χ3n) is 8.77. The van der Waals surface area contributed by atoms with E-state index in [1.54, 1.807) is 13.8 Å². The van der Waals surface area contributed by atoms with Crippen molar-refractivity contribution in [2.45, 2.75) is 155 Å². The molecule has 0 aliphatic carbocycles. The molecule has 50 heavy (non-hydrogen) atoms. The standard InChI is InChI=1S/C35H60O15/c1-6-7-10-22(5)33(50-32(44)18-24(35(47)48)16-30(41)42)28(49-31(43)17-23(34(45)46)15-29(39)40)14-21(4)13-25(36)11-8-9-12-26(37)19-27(38)20(2)3/h20-28,33,36-38H,6-19H2,1-5H3,(H,39,40)(H,41,42)(H,45,46)(H,47,48). The second kappa shape index (κ2) is 24.8. The molecule has 0 bridgehead atoms. The molecule has 0 fully saturated rings. The predicted molar refractivity (Wildman–Crippen MR) is 179 cm³/mol. The smallest absolute Gasteiger partial charge is 0.307 e. The minimum absolute atomic E-state index is 0.0238. The zero-order valence-electron chi connectivity index (χ0n) is 30.1. The number of unbranched alkanes of at least 4 members (excludes halogenated alkanes) is 2. The van der Waals surface area contributed by atoms with Gasteiger partial charge < -0.3 is 45.2 Å². The van der Waals surface area contributed by atoms with E-state index in [1.165, 1.54) is 0 Å². The molecule has 0 amide bonds. The highest BCUT2D eigenvalue weighted by Gasteiger charge is 2.37. The number of ether oxygens (including phenoxy) is 2. The van der Waals surface area contributed by atoms with Crippen LogP contribution < -0.4 is 0 Å². The Bertz CT molecular complexity index is 1060. The van der Waals surface area contributed by atoms with Crippen molar-refractivity contribution in [2.24, 2.45) is 29.6 Å². The van der Waals surface area contributed by atoms with Crippen molar-refractivity contribution in [2.75, 3.05) is 0 Å². The van der Waals surface area contributed by atoms with Crippen LogP contribution in [-0.4, -0.2) is 102 Å². The van der Waals surface area contributed by atoms with Crippen LogP contribution in [0.3, 0.4) is 0 Å². The Morgan fingerprint density at radius 2 is 1.04 bits per heavy atom. The van der Waals surface area contributed by atoms with Crippen LogP contribution in [0.1, 0.15) is 125 Å². The molecule has 0 heterocycles. The van der Waals surface area contributed by atoms with Crippen LogP contribution in [0.25, 0.3) is 0 Å². The summed E-state index contributed by atoms with van der Waals surface area (Å²) in [4.78, 5) is 71.7. The Labute approximate surface area is 294 Å². The molecule has 0 spiro atoms. The van der Waals surface area contributed by atoms with E-state index in [1.807, 2.05) is 20.8 Å². The van der Waals surface area contributed by atoms with Crippen molar-refractivity contribution in [3.05, 3.63) is 0 Å². The fourth-order valence-electron chi connectivity index (χ4n) is 5.74. The quantitative estimate of drug-likeness (QED) is 0.0427. The molecule has 290 valence electrons. The summed E-state index contributed by atoms with van der Waals surface area (Å²) < 4.78 is 11.4. The van der Waals surface area contributed by atoms with Gasteiger partial charge in [0.1, 0.15) is 12.2 Å². The van der Waals surface area contributed by atoms with Crippen molar-refractivity contribution in [1.29, 1.82) is 0 Å². The van der Waals surface area contributed by atoms with Crippen LogP contribution in [0.2, 0.25) is 0 Å². The molecule has 0 rings (SSSR count). The van der Waals surface area contributed by atoms with Crippen LogP contribution >= 0.6 is 0 Å². The second-order valence-electron chi connectivity index (χ2n) is 14.0. The number of esters is 2. The molecule has 7 N–H and O–H groups in total. The second-order valence-corrected chi connectivity index (χ2v) is 14.0. The summed E-state index contributed by atoms with van der Waals surface area (Å²) in [6.45, 7) is 9.17. The molecular weight excluding hydrogens is 660 g/mol.